The fourth-order valence-electron chi connectivity index (χ4n) is 6.39. The minimum atomic E-state index is -0.391. The van der Waals surface area contributed by atoms with Crippen molar-refractivity contribution in [3.63, 3.8) is 0 Å². The number of halogens is 2. The van der Waals surface area contributed by atoms with Crippen LogP contribution in [0, 0.1) is 14.9 Å². The van der Waals surface area contributed by atoms with Gasteiger partial charge in [-0.05, 0) is 77.8 Å². The van der Waals surface area contributed by atoms with Gasteiger partial charge in [0.1, 0.15) is 0 Å². The first-order valence-corrected chi connectivity index (χ1v) is 17.5. The van der Waals surface area contributed by atoms with Crippen molar-refractivity contribution < 1.29 is 36.4 Å². The molecule has 0 rings (SSSR count). The molecule has 0 aliphatic rings. The Bertz CT molecular complexity index is 319. The predicted molar refractivity (Wildman–Crippen MR) is 158 cm³/mol. The molecule has 0 saturated carbocycles. The molecule has 32 heavy (non-hydrogen) atoms. The summed E-state index contributed by atoms with van der Waals surface area (Å²) in [5, 5.41) is 2.81. The molecule has 0 heterocycles. The maximum absolute atomic E-state index is 4.49. The quantitative estimate of drug-likeness (QED) is 0.133. The summed E-state index contributed by atoms with van der Waals surface area (Å²) < 4.78 is 0. The van der Waals surface area contributed by atoms with Gasteiger partial charge in [-0.25, -0.2) is 0 Å². The number of hydrogen-bond acceptors (Lipinski definition) is 0. The Balaban J connectivity index is -0.0000000864. The molecule has 208 valence electrons. The Morgan fingerprint density at radius 3 is 0.531 bits per heavy atom. The zero-order valence-corrected chi connectivity index (χ0v) is 31.9. The van der Waals surface area contributed by atoms with Gasteiger partial charge in [0.2, 0.25) is 0 Å². The van der Waals surface area contributed by atoms with Crippen LogP contribution in [0.4, 0.5) is 0 Å². The molecule has 0 nitrogen and oxygen atoms in total. The molecule has 0 fully saturated rings. The van der Waals surface area contributed by atoms with Gasteiger partial charge in [0.05, 0.1) is 15.5 Å². The van der Waals surface area contributed by atoms with Crippen molar-refractivity contribution in [2.45, 2.75) is 156 Å². The molecule has 0 radical (unpaired) electrons. The third-order valence-electron chi connectivity index (χ3n) is 4.26. The van der Waals surface area contributed by atoms with E-state index in [1.54, 1.807) is 0 Å². The molecule has 0 bridgehead atoms. The molecule has 0 aromatic rings. The fraction of sp³-hybridized carbons (Fsp3) is 0.923. The van der Waals surface area contributed by atoms with Crippen LogP contribution in [-0.4, -0.2) is 30.9 Å². The molecule has 0 aromatic carbocycles. The van der Waals surface area contributed by atoms with E-state index in [4.69, 9.17) is 0 Å². The average Bonchev–Trinajstić information content (AvgIpc) is 2.32. The summed E-state index contributed by atoms with van der Waals surface area (Å²) in [5.74, 6) is 0. The molecule has 0 spiro atoms. The van der Waals surface area contributed by atoms with E-state index in [0.29, 0.717) is 30.9 Å². The van der Waals surface area contributed by atoms with Crippen LogP contribution >= 0.6 is 34.9 Å². The van der Waals surface area contributed by atoms with E-state index in [1.165, 1.54) is 0 Å². The number of rotatable bonds is 0. The Morgan fingerprint density at radius 1 is 0.406 bits per heavy atom. The van der Waals surface area contributed by atoms with Crippen molar-refractivity contribution in [3.05, 3.63) is 14.9 Å². The van der Waals surface area contributed by atoms with E-state index in [1.807, 2.05) is 0 Å². The monoisotopic (exact) mass is 717 g/mol. The third-order valence-corrected chi connectivity index (χ3v) is 12.8. The van der Waals surface area contributed by atoms with Gasteiger partial charge in [0.25, 0.3) is 0 Å². The van der Waals surface area contributed by atoms with Crippen molar-refractivity contribution >= 4 is 34.9 Å². The van der Waals surface area contributed by atoms with Crippen molar-refractivity contribution in [2.75, 3.05) is 0 Å². The van der Waals surface area contributed by atoms with Crippen molar-refractivity contribution in [1.29, 1.82) is 0 Å². The molecule has 6 heteroatoms. The standard InChI is InChI=1S/2C12H27P.2CH3.2ClH.2Pd/c2*1-10(2,3)13(11(4,5)6)12(7,8)9;;;;;;/h2*1-9H3;2*1H3;2*1H;;/q;;2*-1;;;2*+2/p-1. The first-order valence-electron chi connectivity index (χ1n) is 10.7. The van der Waals surface area contributed by atoms with Gasteiger partial charge < -0.3 is 14.9 Å². The summed E-state index contributed by atoms with van der Waals surface area (Å²) in [6.07, 6.45) is 0. The molecule has 0 atom stereocenters. The molecule has 0 N–H and O–H groups in total. The second kappa shape index (κ2) is 18.1. The Morgan fingerprint density at radius 2 is 0.531 bits per heavy atom. The summed E-state index contributed by atoms with van der Waals surface area (Å²) in [6, 6.07) is 0. The van der Waals surface area contributed by atoms with Crippen LogP contribution in [-0.2, 0) is 36.4 Å². The fourth-order valence-corrected chi connectivity index (χ4v) is 19.2. The maximum atomic E-state index is 4.49. The summed E-state index contributed by atoms with van der Waals surface area (Å²) in [6.45, 7) is 43.1. The van der Waals surface area contributed by atoms with Crippen molar-refractivity contribution in [3.8, 4) is 0 Å². The van der Waals surface area contributed by atoms with Crippen LogP contribution < -0.4 is 0 Å². The van der Waals surface area contributed by atoms with Gasteiger partial charge in [0, 0.05) is 7.92 Å². The van der Waals surface area contributed by atoms with Gasteiger partial charge in [-0.1, -0.05) is 70.2 Å². The third kappa shape index (κ3) is 22.0. The van der Waals surface area contributed by atoms with Crippen molar-refractivity contribution in [2.24, 2.45) is 0 Å². The summed E-state index contributed by atoms with van der Waals surface area (Å²) in [4.78, 5) is 0. The van der Waals surface area contributed by atoms with Gasteiger partial charge in [-0.15, -0.1) is 0 Å². The molecule has 0 aliphatic heterocycles. The number of hydrogen-bond donors (Lipinski definition) is 0. The summed E-state index contributed by atoms with van der Waals surface area (Å²) >= 11 is 4.44. The molecule has 0 saturated heterocycles. The summed E-state index contributed by atoms with van der Waals surface area (Å²) in [7, 11) is 8.60. The van der Waals surface area contributed by atoms with Crippen LogP contribution in [0.3, 0.4) is 0 Å². The van der Waals surface area contributed by atoms with Crippen LogP contribution in [0.25, 0.3) is 0 Å². The van der Waals surface area contributed by atoms with E-state index in [-0.39, 0.29) is 22.8 Å². The molecule has 0 amide bonds. The van der Waals surface area contributed by atoms with E-state index in [2.05, 4.69) is 180 Å². The van der Waals surface area contributed by atoms with E-state index in [0.717, 1.165) is 0 Å². The molecule has 0 aromatic heterocycles. The molecule has 0 unspecified atom stereocenters. The van der Waals surface area contributed by atoms with E-state index >= 15 is 0 Å². The van der Waals surface area contributed by atoms with E-state index < -0.39 is 7.92 Å². The van der Waals surface area contributed by atoms with Crippen LogP contribution in [0.2, 0.25) is 0 Å². The van der Waals surface area contributed by atoms with Crippen LogP contribution in [0.5, 0.6) is 0 Å². The van der Waals surface area contributed by atoms with E-state index in [9.17, 15) is 0 Å². The molecular weight excluding hydrogens is 658 g/mol. The first-order chi connectivity index (χ1) is 12.7. The summed E-state index contributed by atoms with van der Waals surface area (Å²) in [5.41, 5.74) is 0. The first kappa shape index (κ1) is 47.9. The average molecular weight is 719 g/mol. The van der Waals surface area contributed by atoms with Gasteiger partial charge in [-0.2, -0.15) is 0 Å². The van der Waals surface area contributed by atoms with Gasteiger partial charge >= 0.3 is 55.4 Å². The minimum absolute atomic E-state index is 0. The topological polar surface area (TPSA) is 0 Å². The second-order valence-corrected chi connectivity index (χ2v) is 23.9. The Hall–Kier alpha value is 2.76. The van der Waals surface area contributed by atoms with Crippen molar-refractivity contribution in [1.82, 2.24) is 0 Å². The SMILES string of the molecule is CC(C)(C)P(C(C)(C)C)C(C)(C)C.CC(C)(C)[PH+](C(C)(C)C)C(C)(C)C.[CH3-].[CH3-].[Cl][Pd+].[Cl][Pd+]. The van der Waals surface area contributed by atoms with Crippen LogP contribution in [0.1, 0.15) is 125 Å². The normalized spacial score (nSPS) is 12.8. The van der Waals surface area contributed by atoms with Gasteiger partial charge in [0.15, 0.2) is 0 Å². The molecule has 0 aliphatic carbocycles. The van der Waals surface area contributed by atoms with Gasteiger partial charge in [-0.3, -0.25) is 0 Å². The Labute approximate surface area is 240 Å². The second-order valence-electron chi connectivity index (χ2n) is 14.0. The predicted octanol–water partition coefficient (Wildman–Crippen LogP) is 11.7. The zero-order valence-electron chi connectivity index (χ0n) is 25.3. The van der Waals surface area contributed by atoms with Crippen LogP contribution in [0.15, 0.2) is 0 Å². The Kier molecular flexibility index (Phi) is 27.1. The molecular formula is C26H61Cl2P2Pd2+. The zero-order chi connectivity index (χ0) is 26.2.